The van der Waals surface area contributed by atoms with Crippen LogP contribution in [0.3, 0.4) is 0 Å². The quantitative estimate of drug-likeness (QED) is 0.755. The molecular formula is C15H14FN3O2. The van der Waals surface area contributed by atoms with Crippen LogP contribution in [-0.4, -0.2) is 18.9 Å². The first-order valence-corrected chi connectivity index (χ1v) is 6.20. The lowest BCUT2D eigenvalue weighted by atomic mass is 10.1. The van der Waals surface area contributed by atoms with Crippen LogP contribution in [0.15, 0.2) is 42.5 Å². The average Bonchev–Trinajstić information content (AvgIpc) is 2.49. The van der Waals surface area contributed by atoms with Crippen LogP contribution in [0.4, 0.5) is 15.8 Å². The van der Waals surface area contributed by atoms with Crippen LogP contribution in [0.5, 0.6) is 0 Å². The van der Waals surface area contributed by atoms with Gasteiger partial charge in [0, 0.05) is 12.7 Å². The van der Waals surface area contributed by atoms with Crippen molar-refractivity contribution in [2.24, 2.45) is 0 Å². The molecule has 0 aromatic heterocycles. The van der Waals surface area contributed by atoms with Crippen LogP contribution in [0, 0.1) is 5.82 Å². The molecule has 0 aliphatic carbocycles. The molecule has 0 spiro atoms. The van der Waals surface area contributed by atoms with Gasteiger partial charge in [0.2, 0.25) is 0 Å². The number of nitrogens with two attached hydrogens (primary N) is 1. The molecule has 5 nitrogen and oxygen atoms in total. The highest BCUT2D eigenvalue weighted by Gasteiger charge is 2.15. The highest BCUT2D eigenvalue weighted by atomic mass is 19.1. The second kappa shape index (κ2) is 6.04. The number of amides is 2. The maximum Gasteiger partial charge on any atom is 0.257 e. The van der Waals surface area contributed by atoms with Gasteiger partial charge in [0.05, 0.1) is 16.8 Å². The number of nitrogen functional groups attached to an aromatic ring is 1. The summed E-state index contributed by atoms with van der Waals surface area (Å²) in [6.07, 6.45) is 0. The van der Waals surface area contributed by atoms with Crippen molar-refractivity contribution in [1.29, 1.82) is 0 Å². The number of nitrogens with one attached hydrogen (secondary N) is 2. The molecule has 0 saturated carbocycles. The van der Waals surface area contributed by atoms with Crippen molar-refractivity contribution in [3.05, 3.63) is 59.4 Å². The molecule has 0 unspecified atom stereocenters. The topological polar surface area (TPSA) is 84.2 Å². The van der Waals surface area contributed by atoms with Gasteiger partial charge in [0.15, 0.2) is 0 Å². The van der Waals surface area contributed by atoms with Gasteiger partial charge in [-0.15, -0.1) is 0 Å². The maximum atomic E-state index is 13.2. The molecule has 4 N–H and O–H groups in total. The summed E-state index contributed by atoms with van der Waals surface area (Å²) in [6, 6.07) is 10.0. The van der Waals surface area contributed by atoms with E-state index in [1.54, 1.807) is 24.3 Å². The lowest BCUT2D eigenvalue weighted by molar-refractivity contribution is 0.0964. The number of hydrogen-bond acceptors (Lipinski definition) is 3. The summed E-state index contributed by atoms with van der Waals surface area (Å²) in [5.41, 5.74) is 6.47. The number of benzene rings is 2. The Morgan fingerprint density at radius 1 is 1.05 bits per heavy atom. The Balaban J connectivity index is 2.32. The van der Waals surface area contributed by atoms with Crippen LogP contribution in [0.2, 0.25) is 0 Å². The fourth-order valence-electron chi connectivity index (χ4n) is 1.84. The molecule has 6 heteroatoms. The molecule has 0 aliphatic heterocycles. The van der Waals surface area contributed by atoms with Gasteiger partial charge in [-0.2, -0.15) is 0 Å². The van der Waals surface area contributed by atoms with Crippen molar-refractivity contribution >= 4 is 23.2 Å². The van der Waals surface area contributed by atoms with Gasteiger partial charge < -0.3 is 16.4 Å². The number of anilines is 2. The number of hydrogen-bond donors (Lipinski definition) is 3. The van der Waals surface area contributed by atoms with Crippen molar-refractivity contribution in [3.63, 3.8) is 0 Å². The summed E-state index contributed by atoms with van der Waals surface area (Å²) in [6.45, 7) is 0. The first kappa shape index (κ1) is 14.5. The summed E-state index contributed by atoms with van der Waals surface area (Å²) in [4.78, 5) is 23.9. The highest BCUT2D eigenvalue weighted by molar-refractivity contribution is 6.11. The van der Waals surface area contributed by atoms with E-state index >= 15 is 0 Å². The molecule has 0 aliphatic rings. The second-order valence-electron chi connectivity index (χ2n) is 4.31. The SMILES string of the molecule is CNC(=O)c1ccccc1NC(=O)c1cc(F)ccc1N. The van der Waals surface area contributed by atoms with Gasteiger partial charge in [0.25, 0.3) is 11.8 Å². The molecule has 0 radical (unpaired) electrons. The summed E-state index contributed by atoms with van der Waals surface area (Å²) < 4.78 is 13.2. The zero-order valence-corrected chi connectivity index (χ0v) is 11.3. The summed E-state index contributed by atoms with van der Waals surface area (Å²) >= 11 is 0. The third-order valence-corrected chi connectivity index (χ3v) is 2.91. The van der Waals surface area contributed by atoms with Crippen LogP contribution in [-0.2, 0) is 0 Å². The Morgan fingerprint density at radius 3 is 2.48 bits per heavy atom. The number of carbonyl (C=O) groups excluding carboxylic acids is 2. The minimum atomic E-state index is -0.580. The summed E-state index contributed by atoms with van der Waals surface area (Å²) in [7, 11) is 1.49. The summed E-state index contributed by atoms with van der Waals surface area (Å²) in [5, 5.41) is 5.04. The minimum absolute atomic E-state index is 0.0155. The molecule has 0 bridgehead atoms. The predicted octanol–water partition coefficient (Wildman–Crippen LogP) is 2.02. The fraction of sp³-hybridized carbons (Fsp3) is 0.0667. The third-order valence-electron chi connectivity index (χ3n) is 2.91. The van der Waals surface area contributed by atoms with E-state index in [0.717, 1.165) is 6.07 Å². The van der Waals surface area contributed by atoms with Gasteiger partial charge in [-0.1, -0.05) is 12.1 Å². The lowest BCUT2D eigenvalue weighted by Gasteiger charge is -2.11. The molecule has 108 valence electrons. The lowest BCUT2D eigenvalue weighted by Crippen LogP contribution is -2.22. The van der Waals surface area contributed by atoms with Crippen LogP contribution in [0.1, 0.15) is 20.7 Å². The van der Waals surface area contributed by atoms with Crippen molar-refractivity contribution in [2.75, 3.05) is 18.1 Å². The van der Waals surface area contributed by atoms with Gasteiger partial charge in [0.1, 0.15) is 5.82 Å². The van der Waals surface area contributed by atoms with E-state index in [0.29, 0.717) is 11.3 Å². The van der Waals surface area contributed by atoms with Gasteiger partial charge >= 0.3 is 0 Å². The summed E-state index contributed by atoms with van der Waals surface area (Å²) in [5.74, 6) is -1.48. The van der Waals surface area contributed by atoms with E-state index in [4.69, 9.17) is 5.73 Å². The van der Waals surface area contributed by atoms with Crippen molar-refractivity contribution in [1.82, 2.24) is 5.32 Å². The predicted molar refractivity (Wildman–Crippen MR) is 78.6 cm³/mol. The molecule has 0 fully saturated rings. The number of carbonyl (C=O) groups is 2. The molecule has 21 heavy (non-hydrogen) atoms. The average molecular weight is 287 g/mol. The van der Waals surface area contributed by atoms with Crippen LogP contribution < -0.4 is 16.4 Å². The van der Waals surface area contributed by atoms with E-state index in [-0.39, 0.29) is 17.2 Å². The number of halogens is 1. The zero-order chi connectivity index (χ0) is 15.4. The van der Waals surface area contributed by atoms with E-state index < -0.39 is 11.7 Å². The van der Waals surface area contributed by atoms with Gasteiger partial charge in [-0.05, 0) is 30.3 Å². The molecule has 0 saturated heterocycles. The van der Waals surface area contributed by atoms with E-state index in [1.807, 2.05) is 0 Å². The van der Waals surface area contributed by atoms with Crippen molar-refractivity contribution < 1.29 is 14.0 Å². The second-order valence-corrected chi connectivity index (χ2v) is 4.31. The van der Waals surface area contributed by atoms with Crippen LogP contribution in [0.25, 0.3) is 0 Å². The maximum absolute atomic E-state index is 13.2. The molecule has 2 rings (SSSR count). The van der Waals surface area contributed by atoms with E-state index in [2.05, 4.69) is 10.6 Å². The van der Waals surface area contributed by atoms with Gasteiger partial charge in [-0.25, -0.2) is 4.39 Å². The first-order valence-electron chi connectivity index (χ1n) is 6.20. The Morgan fingerprint density at radius 2 is 1.76 bits per heavy atom. The molecule has 2 amide bonds. The molecule has 2 aromatic rings. The largest absolute Gasteiger partial charge is 0.398 e. The first-order chi connectivity index (χ1) is 10.0. The van der Waals surface area contributed by atoms with E-state index in [1.165, 1.54) is 19.2 Å². The van der Waals surface area contributed by atoms with Crippen molar-refractivity contribution in [3.8, 4) is 0 Å². The smallest absolute Gasteiger partial charge is 0.257 e. The molecule has 0 atom stereocenters. The van der Waals surface area contributed by atoms with Crippen LogP contribution >= 0.6 is 0 Å². The standard InChI is InChI=1S/C15H14FN3O2/c1-18-14(20)10-4-2-3-5-13(10)19-15(21)11-8-9(16)6-7-12(11)17/h2-8H,17H2,1H3,(H,18,20)(H,19,21). The molecular weight excluding hydrogens is 273 g/mol. The normalized spacial score (nSPS) is 10.0. The number of rotatable bonds is 3. The third kappa shape index (κ3) is 3.17. The zero-order valence-electron chi connectivity index (χ0n) is 11.3. The Kier molecular flexibility index (Phi) is 4.18. The van der Waals surface area contributed by atoms with Crippen molar-refractivity contribution in [2.45, 2.75) is 0 Å². The monoisotopic (exact) mass is 287 g/mol. The van der Waals surface area contributed by atoms with E-state index in [9.17, 15) is 14.0 Å². The fourth-order valence-corrected chi connectivity index (χ4v) is 1.84. The Labute approximate surface area is 121 Å². The number of para-hydroxylation sites is 1. The highest BCUT2D eigenvalue weighted by Crippen LogP contribution is 2.19. The Hall–Kier alpha value is -2.89. The molecule has 0 heterocycles. The Bertz CT molecular complexity index is 701. The molecule has 2 aromatic carbocycles. The van der Waals surface area contributed by atoms with Gasteiger partial charge in [-0.3, -0.25) is 9.59 Å². The minimum Gasteiger partial charge on any atom is -0.398 e.